The van der Waals surface area contributed by atoms with Crippen molar-refractivity contribution in [3.8, 4) is 5.75 Å². The van der Waals surface area contributed by atoms with E-state index in [2.05, 4.69) is 0 Å². The molecule has 14 heavy (non-hydrogen) atoms. The van der Waals surface area contributed by atoms with Crippen LogP contribution in [-0.2, 0) is 5.41 Å². The first kappa shape index (κ1) is 9.44. The second-order valence-electron chi connectivity index (χ2n) is 3.69. The summed E-state index contributed by atoms with van der Waals surface area (Å²) in [5, 5.41) is 0. The summed E-state index contributed by atoms with van der Waals surface area (Å²) in [5.41, 5.74) is -0.125. The van der Waals surface area contributed by atoms with Crippen molar-refractivity contribution in [3.05, 3.63) is 29.8 Å². The lowest BCUT2D eigenvalue weighted by atomic mass is 9.96. The number of alkyl halides is 2. The second-order valence-corrected chi connectivity index (χ2v) is 3.69. The van der Waals surface area contributed by atoms with Gasteiger partial charge in [0.15, 0.2) is 0 Å². The summed E-state index contributed by atoms with van der Waals surface area (Å²) < 4.78 is 30.4. The quantitative estimate of drug-likeness (QED) is 0.725. The predicted molar refractivity (Wildman–Crippen MR) is 49.9 cm³/mol. The first-order valence-corrected chi connectivity index (χ1v) is 4.62. The highest BCUT2D eigenvalue weighted by atomic mass is 19.3. The Morgan fingerprint density at radius 3 is 2.14 bits per heavy atom. The molecule has 1 aliphatic rings. The van der Waals surface area contributed by atoms with Gasteiger partial charge in [-0.05, 0) is 30.5 Å². The van der Waals surface area contributed by atoms with E-state index < -0.39 is 11.8 Å². The second kappa shape index (κ2) is 3.23. The van der Waals surface area contributed by atoms with E-state index in [9.17, 15) is 8.78 Å². The lowest BCUT2D eigenvalue weighted by Crippen LogP contribution is -2.16. The summed E-state index contributed by atoms with van der Waals surface area (Å²) in [7, 11) is 1.56. The summed E-state index contributed by atoms with van der Waals surface area (Å²) in [4.78, 5) is 0. The van der Waals surface area contributed by atoms with Crippen molar-refractivity contribution < 1.29 is 13.5 Å². The largest absolute Gasteiger partial charge is 0.497 e. The standard InChI is InChI=1S/C11H12F2O/c1-14-9-4-2-8(3-5-9)11(6-7-11)10(12)13/h2-5,10H,6-7H2,1H3. The molecule has 3 heteroatoms. The fourth-order valence-electron chi connectivity index (χ4n) is 1.69. The molecule has 0 heterocycles. The van der Waals surface area contributed by atoms with Crippen LogP contribution in [0, 0.1) is 0 Å². The molecule has 2 rings (SSSR count). The van der Waals surface area contributed by atoms with Gasteiger partial charge in [-0.15, -0.1) is 0 Å². The number of benzene rings is 1. The number of ether oxygens (including phenoxy) is 1. The molecule has 0 amide bonds. The highest BCUT2D eigenvalue weighted by Gasteiger charge is 2.52. The normalized spacial score (nSPS) is 18.3. The molecule has 0 atom stereocenters. The third-order valence-electron chi connectivity index (χ3n) is 2.87. The molecule has 0 spiro atoms. The maximum absolute atomic E-state index is 12.7. The van der Waals surface area contributed by atoms with Gasteiger partial charge in [-0.1, -0.05) is 12.1 Å². The number of methoxy groups -OCH3 is 1. The van der Waals surface area contributed by atoms with Crippen molar-refractivity contribution in [2.45, 2.75) is 24.7 Å². The van der Waals surface area contributed by atoms with Crippen molar-refractivity contribution in [3.63, 3.8) is 0 Å². The van der Waals surface area contributed by atoms with Gasteiger partial charge in [-0.25, -0.2) is 8.78 Å². The molecule has 0 N–H and O–H groups in total. The molecule has 1 aromatic carbocycles. The van der Waals surface area contributed by atoms with Gasteiger partial charge in [0, 0.05) is 0 Å². The average molecular weight is 198 g/mol. The van der Waals surface area contributed by atoms with Crippen molar-refractivity contribution in [2.24, 2.45) is 0 Å². The minimum atomic E-state index is -2.25. The van der Waals surface area contributed by atoms with E-state index in [1.54, 1.807) is 31.4 Å². The lowest BCUT2D eigenvalue weighted by molar-refractivity contribution is 0.102. The molecule has 0 saturated heterocycles. The van der Waals surface area contributed by atoms with Gasteiger partial charge in [-0.2, -0.15) is 0 Å². The predicted octanol–water partition coefficient (Wildman–Crippen LogP) is 2.99. The molecule has 76 valence electrons. The van der Waals surface area contributed by atoms with Crippen LogP contribution in [0.25, 0.3) is 0 Å². The van der Waals surface area contributed by atoms with Crippen molar-refractivity contribution >= 4 is 0 Å². The maximum Gasteiger partial charge on any atom is 0.248 e. The molecule has 0 bridgehead atoms. The average Bonchev–Trinajstić information content (AvgIpc) is 2.99. The third kappa shape index (κ3) is 1.37. The summed E-state index contributed by atoms with van der Waals surface area (Å²) in [6.07, 6.45) is -1.07. The van der Waals surface area contributed by atoms with Crippen LogP contribution in [0.3, 0.4) is 0 Å². The fraction of sp³-hybridized carbons (Fsp3) is 0.455. The smallest absolute Gasteiger partial charge is 0.248 e. The van der Waals surface area contributed by atoms with E-state index in [0.29, 0.717) is 18.6 Å². The third-order valence-corrected chi connectivity index (χ3v) is 2.87. The van der Waals surface area contributed by atoms with Gasteiger partial charge < -0.3 is 4.74 Å². The number of hydrogen-bond donors (Lipinski definition) is 0. The maximum atomic E-state index is 12.7. The first-order valence-electron chi connectivity index (χ1n) is 4.62. The van der Waals surface area contributed by atoms with Gasteiger partial charge in [0.2, 0.25) is 6.43 Å². The molecule has 0 radical (unpaired) electrons. The van der Waals surface area contributed by atoms with E-state index in [4.69, 9.17) is 4.74 Å². The summed E-state index contributed by atoms with van der Waals surface area (Å²) in [5.74, 6) is 0.707. The van der Waals surface area contributed by atoms with Crippen molar-refractivity contribution in [1.29, 1.82) is 0 Å². The molecule has 0 unspecified atom stereocenters. The Bertz CT molecular complexity index is 315. The number of hydrogen-bond acceptors (Lipinski definition) is 1. The van der Waals surface area contributed by atoms with Gasteiger partial charge >= 0.3 is 0 Å². The topological polar surface area (TPSA) is 9.23 Å². The Hall–Kier alpha value is -1.12. The van der Waals surface area contributed by atoms with Crippen molar-refractivity contribution in [1.82, 2.24) is 0 Å². The zero-order chi connectivity index (χ0) is 10.2. The van der Waals surface area contributed by atoms with Crippen LogP contribution in [-0.4, -0.2) is 13.5 Å². The van der Waals surface area contributed by atoms with Gasteiger partial charge in [-0.3, -0.25) is 0 Å². The van der Waals surface area contributed by atoms with E-state index >= 15 is 0 Å². The Kier molecular flexibility index (Phi) is 2.17. The monoisotopic (exact) mass is 198 g/mol. The van der Waals surface area contributed by atoms with E-state index in [0.717, 1.165) is 5.56 Å². The minimum Gasteiger partial charge on any atom is -0.497 e. The zero-order valence-electron chi connectivity index (χ0n) is 7.97. The summed E-state index contributed by atoms with van der Waals surface area (Å²) >= 11 is 0. The Morgan fingerprint density at radius 2 is 1.79 bits per heavy atom. The summed E-state index contributed by atoms with van der Waals surface area (Å²) in [6.45, 7) is 0. The van der Waals surface area contributed by atoms with Gasteiger partial charge in [0.05, 0.1) is 12.5 Å². The highest BCUT2D eigenvalue weighted by molar-refractivity contribution is 5.36. The Labute approximate surface area is 81.7 Å². The SMILES string of the molecule is COc1ccc(C2(C(F)F)CC2)cc1. The van der Waals surface area contributed by atoms with Crippen LogP contribution in [0.15, 0.2) is 24.3 Å². The van der Waals surface area contributed by atoms with Crippen LogP contribution in [0.5, 0.6) is 5.75 Å². The van der Waals surface area contributed by atoms with E-state index in [-0.39, 0.29) is 0 Å². The molecule has 1 saturated carbocycles. The van der Waals surface area contributed by atoms with Crippen LogP contribution in [0.1, 0.15) is 18.4 Å². The molecular weight excluding hydrogens is 186 g/mol. The molecule has 1 nitrogen and oxygen atoms in total. The molecule has 0 aliphatic heterocycles. The lowest BCUT2D eigenvalue weighted by Gasteiger charge is -2.14. The summed E-state index contributed by atoms with van der Waals surface area (Å²) in [6, 6.07) is 6.94. The zero-order valence-corrected chi connectivity index (χ0v) is 7.97. The fourth-order valence-corrected chi connectivity index (χ4v) is 1.69. The minimum absolute atomic E-state index is 0.594. The van der Waals surface area contributed by atoms with Crippen LogP contribution < -0.4 is 4.74 Å². The first-order chi connectivity index (χ1) is 6.69. The van der Waals surface area contributed by atoms with Crippen molar-refractivity contribution in [2.75, 3.05) is 7.11 Å². The molecule has 1 aliphatic carbocycles. The van der Waals surface area contributed by atoms with E-state index in [1.807, 2.05) is 0 Å². The molecule has 1 fully saturated rings. The van der Waals surface area contributed by atoms with E-state index in [1.165, 1.54) is 0 Å². The Morgan fingerprint density at radius 1 is 1.21 bits per heavy atom. The highest BCUT2D eigenvalue weighted by Crippen LogP contribution is 2.52. The van der Waals surface area contributed by atoms with Gasteiger partial charge in [0.1, 0.15) is 5.75 Å². The number of rotatable bonds is 3. The van der Waals surface area contributed by atoms with Crippen LogP contribution in [0.4, 0.5) is 8.78 Å². The van der Waals surface area contributed by atoms with Crippen LogP contribution in [0.2, 0.25) is 0 Å². The Balaban J connectivity index is 2.25. The number of halogens is 2. The molecular formula is C11H12F2O. The van der Waals surface area contributed by atoms with Crippen LogP contribution >= 0.6 is 0 Å². The molecule has 0 aromatic heterocycles. The van der Waals surface area contributed by atoms with Gasteiger partial charge in [0.25, 0.3) is 0 Å². The molecule has 1 aromatic rings.